The summed E-state index contributed by atoms with van der Waals surface area (Å²) in [6.07, 6.45) is 4.02. The molecule has 7 nitrogen and oxygen atoms in total. The van der Waals surface area contributed by atoms with E-state index < -0.39 is 6.10 Å². The van der Waals surface area contributed by atoms with Crippen LogP contribution in [0.5, 0.6) is 11.5 Å². The number of fused-ring (bicyclic) bond motifs is 1. The van der Waals surface area contributed by atoms with Gasteiger partial charge in [-0.3, -0.25) is 4.79 Å². The molecule has 0 saturated heterocycles. The predicted octanol–water partition coefficient (Wildman–Crippen LogP) is 4.44. The number of benzene rings is 2. The average molecular weight is 436 g/mol. The van der Waals surface area contributed by atoms with Crippen LogP contribution in [0.25, 0.3) is 11.4 Å². The minimum atomic E-state index is -0.616. The van der Waals surface area contributed by atoms with E-state index in [1.54, 1.807) is 18.9 Å². The van der Waals surface area contributed by atoms with Crippen LogP contribution in [0.1, 0.15) is 43.7 Å². The second-order valence-electron chi connectivity index (χ2n) is 8.06. The standard InChI is InChI=1S/C25H29N3O4/c1-4-30-21-12-10-19(11-13-21)24-26-23(32-27-24)16-28(3)25(29)17(2)31-22-14-9-18-7-5-6-8-20(18)15-22/h9-15,17H,4-8,16H2,1-3H3/t17-/m0/s1. The van der Waals surface area contributed by atoms with Crippen LogP contribution in [0.2, 0.25) is 0 Å². The summed E-state index contributed by atoms with van der Waals surface area (Å²) < 4.78 is 16.7. The number of aryl methyl sites for hydroxylation is 2. The van der Waals surface area contributed by atoms with Crippen LogP contribution in [0, 0.1) is 0 Å². The van der Waals surface area contributed by atoms with Gasteiger partial charge in [0.2, 0.25) is 11.7 Å². The quantitative estimate of drug-likeness (QED) is 0.521. The molecule has 1 aromatic heterocycles. The van der Waals surface area contributed by atoms with E-state index >= 15 is 0 Å². The summed E-state index contributed by atoms with van der Waals surface area (Å²) in [4.78, 5) is 18.8. The first-order valence-corrected chi connectivity index (χ1v) is 11.1. The number of rotatable bonds is 8. The van der Waals surface area contributed by atoms with Gasteiger partial charge in [0.15, 0.2) is 6.10 Å². The molecule has 0 radical (unpaired) electrons. The van der Waals surface area contributed by atoms with Crippen molar-refractivity contribution in [3.8, 4) is 22.9 Å². The van der Waals surface area contributed by atoms with Crippen molar-refractivity contribution in [2.75, 3.05) is 13.7 Å². The van der Waals surface area contributed by atoms with Gasteiger partial charge in [-0.2, -0.15) is 4.98 Å². The minimum absolute atomic E-state index is 0.150. The Morgan fingerprint density at radius 1 is 1.09 bits per heavy atom. The lowest BCUT2D eigenvalue weighted by Crippen LogP contribution is -2.37. The van der Waals surface area contributed by atoms with E-state index in [0.29, 0.717) is 18.3 Å². The highest BCUT2D eigenvalue weighted by Gasteiger charge is 2.22. The number of nitrogens with zero attached hydrogens (tertiary/aromatic N) is 3. The predicted molar refractivity (Wildman–Crippen MR) is 121 cm³/mol. The Balaban J connectivity index is 1.35. The Labute approximate surface area is 188 Å². The van der Waals surface area contributed by atoms with Crippen molar-refractivity contribution in [2.45, 2.75) is 52.2 Å². The van der Waals surface area contributed by atoms with Crippen LogP contribution < -0.4 is 9.47 Å². The summed E-state index contributed by atoms with van der Waals surface area (Å²) in [5.41, 5.74) is 3.54. The van der Waals surface area contributed by atoms with Crippen molar-refractivity contribution in [1.82, 2.24) is 15.0 Å². The summed E-state index contributed by atoms with van der Waals surface area (Å²) in [7, 11) is 1.70. The molecule has 1 heterocycles. The molecule has 4 rings (SSSR count). The highest BCUT2D eigenvalue weighted by Crippen LogP contribution is 2.26. The fourth-order valence-corrected chi connectivity index (χ4v) is 3.93. The average Bonchev–Trinajstić information content (AvgIpc) is 3.27. The lowest BCUT2D eigenvalue weighted by Gasteiger charge is -2.22. The Bertz CT molecular complexity index is 1060. The third-order valence-corrected chi connectivity index (χ3v) is 5.62. The van der Waals surface area contributed by atoms with E-state index in [2.05, 4.69) is 22.3 Å². The number of carbonyl (C=O) groups excluding carboxylic acids is 1. The number of ether oxygens (including phenoxy) is 2. The van der Waals surface area contributed by atoms with Gasteiger partial charge < -0.3 is 18.9 Å². The number of likely N-dealkylation sites (N-methyl/N-ethyl adjacent to an activating group) is 1. The Hall–Kier alpha value is -3.35. The number of amides is 1. The Kier molecular flexibility index (Phi) is 6.73. The number of aromatic nitrogens is 2. The molecule has 7 heteroatoms. The van der Waals surface area contributed by atoms with E-state index in [4.69, 9.17) is 14.0 Å². The second-order valence-corrected chi connectivity index (χ2v) is 8.06. The van der Waals surface area contributed by atoms with Gasteiger partial charge in [0.25, 0.3) is 5.91 Å². The molecule has 3 aromatic rings. The molecule has 0 spiro atoms. The maximum atomic E-state index is 12.8. The SMILES string of the molecule is CCOc1ccc(-c2noc(CN(C)C(=O)[C@H](C)Oc3ccc4c(c3)CCCC4)n2)cc1. The van der Waals surface area contributed by atoms with Crippen molar-refractivity contribution in [3.05, 3.63) is 59.5 Å². The molecule has 0 N–H and O–H groups in total. The topological polar surface area (TPSA) is 77.7 Å². The normalized spacial score (nSPS) is 13.8. The van der Waals surface area contributed by atoms with E-state index in [1.165, 1.54) is 24.0 Å². The van der Waals surface area contributed by atoms with Gasteiger partial charge in [0.05, 0.1) is 13.2 Å². The van der Waals surface area contributed by atoms with Crippen molar-refractivity contribution in [3.63, 3.8) is 0 Å². The van der Waals surface area contributed by atoms with E-state index in [-0.39, 0.29) is 12.5 Å². The number of carbonyl (C=O) groups is 1. The molecule has 0 unspecified atom stereocenters. The maximum Gasteiger partial charge on any atom is 0.263 e. The molecule has 32 heavy (non-hydrogen) atoms. The molecule has 0 aliphatic heterocycles. The highest BCUT2D eigenvalue weighted by atomic mass is 16.5. The monoisotopic (exact) mass is 435 g/mol. The zero-order valence-electron chi connectivity index (χ0n) is 18.8. The molecule has 0 bridgehead atoms. The Morgan fingerprint density at radius 2 is 1.81 bits per heavy atom. The lowest BCUT2D eigenvalue weighted by atomic mass is 9.92. The highest BCUT2D eigenvalue weighted by molar-refractivity contribution is 5.80. The van der Waals surface area contributed by atoms with E-state index in [9.17, 15) is 4.79 Å². The van der Waals surface area contributed by atoms with Gasteiger partial charge in [-0.05, 0) is 87.1 Å². The first kappa shape index (κ1) is 21.9. The molecule has 1 aliphatic carbocycles. The van der Waals surface area contributed by atoms with E-state index in [1.807, 2.05) is 37.3 Å². The molecular weight excluding hydrogens is 406 g/mol. The van der Waals surface area contributed by atoms with Crippen LogP contribution in [0.15, 0.2) is 47.0 Å². The number of hydrogen-bond donors (Lipinski definition) is 0. The lowest BCUT2D eigenvalue weighted by molar-refractivity contribution is -0.137. The fourth-order valence-electron chi connectivity index (χ4n) is 3.93. The van der Waals surface area contributed by atoms with Gasteiger partial charge in [-0.15, -0.1) is 0 Å². The number of hydrogen-bond acceptors (Lipinski definition) is 6. The summed E-state index contributed by atoms with van der Waals surface area (Å²) >= 11 is 0. The third-order valence-electron chi connectivity index (χ3n) is 5.62. The largest absolute Gasteiger partial charge is 0.494 e. The summed E-state index contributed by atoms with van der Waals surface area (Å²) in [6.45, 7) is 4.52. The van der Waals surface area contributed by atoms with Crippen molar-refractivity contribution in [1.29, 1.82) is 0 Å². The van der Waals surface area contributed by atoms with Crippen LogP contribution in [-0.4, -0.2) is 40.7 Å². The molecule has 2 aromatic carbocycles. The molecule has 1 atom stereocenters. The first-order valence-electron chi connectivity index (χ1n) is 11.1. The van der Waals surface area contributed by atoms with Gasteiger partial charge in [-0.1, -0.05) is 11.2 Å². The summed E-state index contributed by atoms with van der Waals surface area (Å²) in [5, 5.41) is 4.03. The van der Waals surface area contributed by atoms with Gasteiger partial charge >= 0.3 is 0 Å². The third kappa shape index (κ3) is 5.10. The molecule has 1 amide bonds. The summed E-state index contributed by atoms with van der Waals surface area (Å²) in [5.74, 6) is 2.21. The van der Waals surface area contributed by atoms with E-state index in [0.717, 1.165) is 29.9 Å². The molecule has 0 fully saturated rings. The fraction of sp³-hybridized carbons (Fsp3) is 0.400. The smallest absolute Gasteiger partial charge is 0.263 e. The zero-order chi connectivity index (χ0) is 22.5. The maximum absolute atomic E-state index is 12.8. The van der Waals surface area contributed by atoms with Gasteiger partial charge in [0.1, 0.15) is 11.5 Å². The van der Waals surface area contributed by atoms with Crippen molar-refractivity contribution in [2.24, 2.45) is 0 Å². The van der Waals surface area contributed by atoms with Crippen LogP contribution in [0.3, 0.4) is 0 Å². The van der Waals surface area contributed by atoms with Crippen molar-refractivity contribution < 1.29 is 18.8 Å². The molecule has 0 saturated carbocycles. The van der Waals surface area contributed by atoms with Crippen molar-refractivity contribution >= 4 is 5.91 Å². The second kappa shape index (κ2) is 9.85. The van der Waals surface area contributed by atoms with Crippen LogP contribution >= 0.6 is 0 Å². The Morgan fingerprint density at radius 3 is 2.56 bits per heavy atom. The van der Waals surface area contributed by atoms with Crippen LogP contribution in [-0.2, 0) is 24.2 Å². The van der Waals surface area contributed by atoms with Gasteiger partial charge in [0, 0.05) is 12.6 Å². The molecule has 168 valence electrons. The molecular formula is C25H29N3O4. The van der Waals surface area contributed by atoms with Crippen LogP contribution in [0.4, 0.5) is 0 Å². The minimum Gasteiger partial charge on any atom is -0.494 e. The summed E-state index contributed by atoms with van der Waals surface area (Å²) in [6, 6.07) is 13.6. The zero-order valence-corrected chi connectivity index (χ0v) is 18.8. The molecule has 1 aliphatic rings. The first-order chi connectivity index (χ1) is 15.5. The van der Waals surface area contributed by atoms with Gasteiger partial charge in [-0.25, -0.2) is 0 Å².